The van der Waals surface area contributed by atoms with Crippen LogP contribution in [0.3, 0.4) is 0 Å². The highest BCUT2D eigenvalue weighted by Gasteiger charge is 2.00. The van der Waals surface area contributed by atoms with Gasteiger partial charge in [-0.3, -0.25) is 0 Å². The molecule has 1 aromatic heterocycles. The molecular weight excluding hydrogens is 242 g/mol. The summed E-state index contributed by atoms with van der Waals surface area (Å²) >= 11 is 7.64. The van der Waals surface area contributed by atoms with E-state index >= 15 is 0 Å². The van der Waals surface area contributed by atoms with E-state index in [1.54, 1.807) is 17.4 Å². The second-order valence-corrected chi connectivity index (χ2v) is 4.52. The van der Waals surface area contributed by atoms with Crippen molar-refractivity contribution < 1.29 is 0 Å². The Morgan fingerprint density at radius 1 is 1.44 bits per heavy atom. The van der Waals surface area contributed by atoms with Gasteiger partial charge in [-0.25, -0.2) is 4.98 Å². The van der Waals surface area contributed by atoms with Crippen LogP contribution in [0.15, 0.2) is 29.1 Å². The average Bonchev–Trinajstić information content (AvgIpc) is 2.74. The van der Waals surface area contributed by atoms with Gasteiger partial charge in [0.25, 0.3) is 0 Å². The first-order valence-corrected chi connectivity index (χ1v) is 6.24. The number of rotatable bonds is 4. The molecule has 0 saturated heterocycles. The number of nitrogens with one attached hydrogen (secondary N) is 1. The Balaban J connectivity index is 1.90. The minimum atomic E-state index is 0.651. The van der Waals surface area contributed by atoms with Crippen LogP contribution in [0.5, 0.6) is 0 Å². The van der Waals surface area contributed by atoms with Crippen LogP contribution >= 0.6 is 22.9 Å². The molecule has 0 aliphatic heterocycles. The molecule has 3 N–H and O–H groups in total. The van der Waals surface area contributed by atoms with Gasteiger partial charge in [-0.05, 0) is 18.2 Å². The monoisotopic (exact) mass is 253 g/mol. The molecule has 0 atom stereocenters. The molecule has 16 heavy (non-hydrogen) atoms. The zero-order valence-corrected chi connectivity index (χ0v) is 10.2. The largest absolute Gasteiger partial charge is 0.399 e. The molecule has 1 heterocycles. The minimum absolute atomic E-state index is 0.651. The van der Waals surface area contributed by atoms with Crippen molar-refractivity contribution in [3.05, 3.63) is 39.8 Å². The zero-order valence-electron chi connectivity index (χ0n) is 8.61. The minimum Gasteiger partial charge on any atom is -0.399 e. The lowest BCUT2D eigenvalue weighted by Crippen LogP contribution is -2.05. The third kappa shape index (κ3) is 2.87. The van der Waals surface area contributed by atoms with Gasteiger partial charge in [0.1, 0.15) is 0 Å². The molecular formula is C11H12ClN3S. The van der Waals surface area contributed by atoms with Crippen LogP contribution in [-0.2, 0) is 6.42 Å². The van der Waals surface area contributed by atoms with Crippen LogP contribution in [-0.4, -0.2) is 11.5 Å². The van der Waals surface area contributed by atoms with Crippen molar-refractivity contribution in [2.24, 2.45) is 0 Å². The second kappa shape index (κ2) is 5.18. The van der Waals surface area contributed by atoms with Crippen molar-refractivity contribution in [1.29, 1.82) is 0 Å². The van der Waals surface area contributed by atoms with E-state index in [1.165, 1.54) is 0 Å². The molecule has 1 aromatic carbocycles. The van der Waals surface area contributed by atoms with Crippen molar-refractivity contribution in [2.45, 2.75) is 6.42 Å². The topological polar surface area (TPSA) is 50.9 Å². The van der Waals surface area contributed by atoms with Crippen molar-refractivity contribution in [3.8, 4) is 0 Å². The van der Waals surface area contributed by atoms with E-state index in [0.29, 0.717) is 10.7 Å². The second-order valence-electron chi connectivity index (χ2n) is 3.40. The molecule has 0 aliphatic rings. The number of anilines is 2. The van der Waals surface area contributed by atoms with Crippen molar-refractivity contribution >= 4 is 34.3 Å². The van der Waals surface area contributed by atoms with E-state index in [-0.39, 0.29) is 0 Å². The van der Waals surface area contributed by atoms with Gasteiger partial charge >= 0.3 is 0 Å². The number of hydrogen-bond donors (Lipinski definition) is 2. The van der Waals surface area contributed by atoms with E-state index in [1.807, 2.05) is 23.0 Å². The summed E-state index contributed by atoms with van der Waals surface area (Å²) in [7, 11) is 0. The molecule has 0 radical (unpaired) electrons. The summed E-state index contributed by atoms with van der Waals surface area (Å²) in [5, 5.41) is 5.95. The molecule has 84 valence electrons. The highest BCUT2D eigenvalue weighted by Crippen LogP contribution is 2.23. The first kappa shape index (κ1) is 11.2. The van der Waals surface area contributed by atoms with Gasteiger partial charge in [-0.2, -0.15) is 0 Å². The van der Waals surface area contributed by atoms with Gasteiger partial charge in [0.15, 0.2) is 0 Å². The number of benzene rings is 1. The third-order valence-corrected chi connectivity index (χ3v) is 3.12. The lowest BCUT2D eigenvalue weighted by Gasteiger charge is -2.07. The van der Waals surface area contributed by atoms with Crippen LogP contribution < -0.4 is 11.1 Å². The lowest BCUT2D eigenvalue weighted by molar-refractivity contribution is 0.977. The number of thiazole rings is 1. The van der Waals surface area contributed by atoms with Crippen molar-refractivity contribution in [1.82, 2.24) is 4.98 Å². The highest BCUT2D eigenvalue weighted by molar-refractivity contribution is 7.07. The van der Waals surface area contributed by atoms with Gasteiger partial charge in [-0.15, -0.1) is 11.3 Å². The van der Waals surface area contributed by atoms with Crippen LogP contribution in [0.1, 0.15) is 5.69 Å². The molecule has 0 bridgehead atoms. The van der Waals surface area contributed by atoms with Crippen LogP contribution in [0, 0.1) is 0 Å². The number of halogens is 1. The standard InChI is InChI=1S/C11H12ClN3S/c12-10-5-8(13)1-2-11(10)14-4-3-9-6-16-7-15-9/h1-2,5-7,14H,3-4,13H2. The van der Waals surface area contributed by atoms with E-state index < -0.39 is 0 Å². The fourth-order valence-electron chi connectivity index (χ4n) is 1.36. The molecule has 0 amide bonds. The Morgan fingerprint density at radius 3 is 3.00 bits per heavy atom. The summed E-state index contributed by atoms with van der Waals surface area (Å²) in [5.41, 5.74) is 10.1. The van der Waals surface area contributed by atoms with Gasteiger partial charge in [0.2, 0.25) is 0 Å². The Labute approximate surface area is 103 Å². The zero-order chi connectivity index (χ0) is 11.4. The average molecular weight is 254 g/mol. The van der Waals surface area contributed by atoms with Crippen LogP contribution in [0.2, 0.25) is 5.02 Å². The fraction of sp³-hybridized carbons (Fsp3) is 0.182. The van der Waals surface area contributed by atoms with Gasteiger partial charge in [0, 0.05) is 24.0 Å². The maximum absolute atomic E-state index is 6.03. The number of nitrogen functional groups attached to an aromatic ring is 1. The number of hydrogen-bond acceptors (Lipinski definition) is 4. The predicted octanol–water partition coefficient (Wildman–Crippen LogP) is 3.03. The normalized spacial score (nSPS) is 10.3. The SMILES string of the molecule is Nc1ccc(NCCc2cscn2)c(Cl)c1. The Bertz CT molecular complexity index is 456. The van der Waals surface area contributed by atoms with Crippen molar-refractivity contribution in [2.75, 3.05) is 17.6 Å². The van der Waals surface area contributed by atoms with E-state index in [0.717, 1.165) is 24.3 Å². The van der Waals surface area contributed by atoms with E-state index in [2.05, 4.69) is 10.3 Å². The van der Waals surface area contributed by atoms with E-state index in [9.17, 15) is 0 Å². The number of nitrogens with two attached hydrogens (primary N) is 1. The smallest absolute Gasteiger partial charge is 0.0794 e. The molecule has 0 fully saturated rings. The van der Waals surface area contributed by atoms with Gasteiger partial charge in [-0.1, -0.05) is 11.6 Å². The van der Waals surface area contributed by atoms with Gasteiger partial charge < -0.3 is 11.1 Å². The van der Waals surface area contributed by atoms with Crippen LogP contribution in [0.4, 0.5) is 11.4 Å². The Kier molecular flexibility index (Phi) is 3.64. The maximum Gasteiger partial charge on any atom is 0.0794 e. The van der Waals surface area contributed by atoms with Crippen molar-refractivity contribution in [3.63, 3.8) is 0 Å². The maximum atomic E-state index is 6.03. The Morgan fingerprint density at radius 2 is 2.31 bits per heavy atom. The fourth-order valence-corrected chi connectivity index (χ4v) is 2.21. The summed E-state index contributed by atoms with van der Waals surface area (Å²) in [5.74, 6) is 0. The van der Waals surface area contributed by atoms with Crippen LogP contribution in [0.25, 0.3) is 0 Å². The molecule has 0 unspecified atom stereocenters. The molecule has 0 saturated carbocycles. The Hall–Kier alpha value is -1.26. The quantitative estimate of drug-likeness (QED) is 0.824. The lowest BCUT2D eigenvalue weighted by atomic mass is 10.2. The first-order valence-electron chi connectivity index (χ1n) is 4.91. The highest BCUT2D eigenvalue weighted by atomic mass is 35.5. The molecule has 2 rings (SSSR count). The van der Waals surface area contributed by atoms with Gasteiger partial charge in [0.05, 0.1) is 21.9 Å². The summed E-state index contributed by atoms with van der Waals surface area (Å²) in [6.07, 6.45) is 0.893. The number of aromatic nitrogens is 1. The molecule has 0 spiro atoms. The predicted molar refractivity (Wildman–Crippen MR) is 70.2 cm³/mol. The summed E-state index contributed by atoms with van der Waals surface area (Å²) in [4.78, 5) is 4.21. The molecule has 5 heteroatoms. The van der Waals surface area contributed by atoms with E-state index in [4.69, 9.17) is 17.3 Å². The molecule has 0 aliphatic carbocycles. The molecule has 3 nitrogen and oxygen atoms in total. The third-order valence-electron chi connectivity index (χ3n) is 2.17. The first-order chi connectivity index (χ1) is 7.75. The summed E-state index contributed by atoms with van der Waals surface area (Å²) in [6, 6.07) is 5.46. The number of nitrogens with zero attached hydrogens (tertiary/aromatic N) is 1. The summed E-state index contributed by atoms with van der Waals surface area (Å²) < 4.78 is 0. The summed E-state index contributed by atoms with van der Waals surface area (Å²) in [6.45, 7) is 0.813. The molecule has 2 aromatic rings.